The summed E-state index contributed by atoms with van der Waals surface area (Å²) in [5.74, 6) is -2.53. The molecule has 2 aromatic rings. The molecule has 3 atom stereocenters. The minimum absolute atomic E-state index is 0.0851. The number of amides is 2. The summed E-state index contributed by atoms with van der Waals surface area (Å²) in [6.45, 7) is 3.87. The fourth-order valence-electron chi connectivity index (χ4n) is 4.08. The van der Waals surface area contributed by atoms with Gasteiger partial charge in [-0.05, 0) is 23.1 Å². The van der Waals surface area contributed by atoms with Crippen LogP contribution in [0.5, 0.6) is 0 Å². The molecular weight excluding hydrogens is 570 g/mol. The summed E-state index contributed by atoms with van der Waals surface area (Å²) in [5.41, 5.74) is 3.19. The van der Waals surface area contributed by atoms with Crippen LogP contribution >= 0.6 is 15.9 Å². The van der Waals surface area contributed by atoms with E-state index in [1.807, 2.05) is 74.5 Å². The first-order valence-electron chi connectivity index (χ1n) is 12.4. The molecule has 4 N–H and O–H groups in total. The van der Waals surface area contributed by atoms with E-state index in [1.54, 1.807) is 6.08 Å². The molecule has 2 amide bonds. The zero-order valence-corrected chi connectivity index (χ0v) is 23.3. The average molecular weight is 602 g/mol. The van der Waals surface area contributed by atoms with Crippen LogP contribution in [0.25, 0.3) is 0 Å². The maximum Gasteiger partial charge on any atom is 0.408 e. The molecule has 2 aromatic carbocycles. The Morgan fingerprint density at radius 2 is 1.62 bits per heavy atom. The first-order chi connectivity index (χ1) is 18.6. The standard InChI is InChI=1S/C28H32BrN3O7/c1-18(2)25(31-27(37)38-17-20-11-7-4-8-12-20)22-15-28(39-32-22,14-19-9-5-3-6-10-19)26(36)30-21(13-24(34)35)23(33)16-29/h3-12,15,18,21,25,32H,13-14,16-17H2,1-2H3,(H,30,36)(H,31,37)(H,34,35)/t21-,25-,28?/m0/s1. The van der Waals surface area contributed by atoms with Crippen molar-refractivity contribution in [3.05, 3.63) is 83.6 Å². The summed E-state index contributed by atoms with van der Waals surface area (Å²) >= 11 is 3.04. The van der Waals surface area contributed by atoms with Crippen molar-refractivity contribution in [1.82, 2.24) is 16.1 Å². The number of carboxylic acids is 1. The monoisotopic (exact) mass is 601 g/mol. The van der Waals surface area contributed by atoms with E-state index in [4.69, 9.17) is 9.57 Å². The first-order valence-corrected chi connectivity index (χ1v) is 13.5. The van der Waals surface area contributed by atoms with Crippen molar-refractivity contribution in [2.45, 2.75) is 51.0 Å². The number of aliphatic carboxylic acids is 1. The van der Waals surface area contributed by atoms with Crippen LogP contribution in [-0.2, 0) is 37.0 Å². The van der Waals surface area contributed by atoms with Crippen LogP contribution in [0, 0.1) is 5.92 Å². The van der Waals surface area contributed by atoms with Crippen LogP contribution in [-0.4, -0.2) is 51.9 Å². The van der Waals surface area contributed by atoms with Gasteiger partial charge in [-0.25, -0.2) is 4.79 Å². The quantitative estimate of drug-likeness (QED) is 0.256. The van der Waals surface area contributed by atoms with Crippen LogP contribution in [0.1, 0.15) is 31.4 Å². The van der Waals surface area contributed by atoms with Crippen LogP contribution < -0.4 is 16.1 Å². The molecule has 0 radical (unpaired) electrons. The molecule has 0 aromatic heterocycles. The number of ether oxygens (including phenoxy) is 1. The topological polar surface area (TPSA) is 143 Å². The van der Waals surface area contributed by atoms with E-state index in [-0.39, 0.29) is 24.3 Å². The van der Waals surface area contributed by atoms with Gasteiger partial charge in [0.25, 0.3) is 5.91 Å². The van der Waals surface area contributed by atoms with Gasteiger partial charge in [0.1, 0.15) is 6.61 Å². The summed E-state index contributed by atoms with van der Waals surface area (Å²) in [7, 11) is 0. The lowest BCUT2D eigenvalue weighted by Crippen LogP contribution is -2.54. The van der Waals surface area contributed by atoms with E-state index in [2.05, 4.69) is 32.0 Å². The Kier molecular flexibility index (Phi) is 10.6. The number of rotatable bonds is 13. The molecule has 0 fully saturated rings. The smallest absolute Gasteiger partial charge is 0.408 e. The Bertz CT molecular complexity index is 1190. The van der Waals surface area contributed by atoms with E-state index >= 15 is 0 Å². The molecule has 11 heteroatoms. The molecule has 1 unspecified atom stereocenters. The zero-order valence-electron chi connectivity index (χ0n) is 21.7. The third kappa shape index (κ3) is 8.39. The molecule has 3 rings (SSSR count). The number of carbonyl (C=O) groups is 4. The molecule has 0 saturated carbocycles. The number of carboxylic acid groups (broad SMARTS) is 1. The number of nitrogens with one attached hydrogen (secondary N) is 3. The lowest BCUT2D eigenvalue weighted by Gasteiger charge is -2.27. The lowest BCUT2D eigenvalue weighted by atomic mass is 9.90. The van der Waals surface area contributed by atoms with Crippen LogP contribution in [0.4, 0.5) is 4.79 Å². The maximum absolute atomic E-state index is 13.6. The Labute approximate surface area is 235 Å². The van der Waals surface area contributed by atoms with Gasteiger partial charge in [0, 0.05) is 6.42 Å². The van der Waals surface area contributed by atoms with E-state index in [9.17, 15) is 24.3 Å². The van der Waals surface area contributed by atoms with E-state index in [0.717, 1.165) is 11.1 Å². The number of halogens is 1. The minimum Gasteiger partial charge on any atom is -0.481 e. The number of benzene rings is 2. The average Bonchev–Trinajstić information content (AvgIpc) is 3.35. The fourth-order valence-corrected chi connectivity index (χ4v) is 4.47. The van der Waals surface area contributed by atoms with E-state index < -0.39 is 47.9 Å². The summed E-state index contributed by atoms with van der Waals surface area (Å²) in [4.78, 5) is 55.8. The summed E-state index contributed by atoms with van der Waals surface area (Å²) < 4.78 is 5.37. The molecule has 1 heterocycles. The molecule has 208 valence electrons. The molecule has 39 heavy (non-hydrogen) atoms. The van der Waals surface area contributed by atoms with Crippen molar-refractivity contribution in [2.75, 3.05) is 5.33 Å². The first kappa shape index (κ1) is 29.9. The number of ketones is 1. The third-order valence-electron chi connectivity index (χ3n) is 6.13. The SMILES string of the molecule is CC(C)[C@H](NC(=O)OCc1ccccc1)C1=CC(Cc2ccccc2)(C(=O)N[C@@H](CC(=O)O)C(=O)CBr)ON1. The molecule has 0 spiro atoms. The Morgan fingerprint density at radius 1 is 1.00 bits per heavy atom. The van der Waals surface area contributed by atoms with Crippen LogP contribution in [0.2, 0.25) is 0 Å². The minimum atomic E-state index is -1.62. The number of Topliss-reactive ketones (excluding diaryl/α,β-unsaturated/α-hetero) is 1. The number of hydroxylamine groups is 1. The van der Waals surface area contributed by atoms with Crippen molar-refractivity contribution in [1.29, 1.82) is 0 Å². The predicted octanol–water partition coefficient (Wildman–Crippen LogP) is 3.26. The number of carbonyl (C=O) groups excluding carboxylic acids is 3. The van der Waals surface area contributed by atoms with Crippen LogP contribution in [0.3, 0.4) is 0 Å². The number of alkyl carbamates (subject to hydrolysis) is 1. The number of hydrogen-bond donors (Lipinski definition) is 4. The van der Waals surface area contributed by atoms with Gasteiger partial charge < -0.3 is 20.5 Å². The second-order valence-corrected chi connectivity index (χ2v) is 10.1. The van der Waals surface area contributed by atoms with Gasteiger partial charge in [0.05, 0.1) is 29.5 Å². The highest BCUT2D eigenvalue weighted by Gasteiger charge is 2.46. The largest absolute Gasteiger partial charge is 0.481 e. The predicted molar refractivity (Wildman–Crippen MR) is 147 cm³/mol. The molecular formula is C28H32BrN3O7. The second kappa shape index (κ2) is 13.9. The maximum atomic E-state index is 13.6. The van der Waals surface area contributed by atoms with Crippen molar-refractivity contribution in [3.63, 3.8) is 0 Å². The molecule has 0 saturated heterocycles. The molecule has 10 nitrogen and oxygen atoms in total. The van der Waals surface area contributed by atoms with Gasteiger partial charge >= 0.3 is 12.1 Å². The summed E-state index contributed by atoms with van der Waals surface area (Å²) in [5, 5.41) is 14.5. The van der Waals surface area contributed by atoms with Gasteiger partial charge in [0.15, 0.2) is 11.4 Å². The Morgan fingerprint density at radius 3 is 2.18 bits per heavy atom. The number of alkyl halides is 1. The second-order valence-electron chi connectivity index (χ2n) is 9.51. The van der Waals surface area contributed by atoms with E-state index in [1.165, 1.54) is 0 Å². The lowest BCUT2D eigenvalue weighted by molar-refractivity contribution is -0.147. The Hall–Kier alpha value is -3.70. The fraction of sp³-hybridized carbons (Fsp3) is 0.357. The highest BCUT2D eigenvalue weighted by atomic mass is 79.9. The normalized spacial score (nSPS) is 17.9. The van der Waals surface area contributed by atoms with Gasteiger partial charge in [-0.1, -0.05) is 90.4 Å². The van der Waals surface area contributed by atoms with Crippen LogP contribution in [0.15, 0.2) is 72.4 Å². The van der Waals surface area contributed by atoms with Gasteiger partial charge in [-0.2, -0.15) is 0 Å². The molecule has 0 aliphatic carbocycles. The molecule has 1 aliphatic heterocycles. The molecule has 0 bridgehead atoms. The highest BCUT2D eigenvalue weighted by Crippen LogP contribution is 2.29. The van der Waals surface area contributed by atoms with Crippen molar-refractivity contribution >= 4 is 39.7 Å². The van der Waals surface area contributed by atoms with Crippen molar-refractivity contribution in [3.8, 4) is 0 Å². The van der Waals surface area contributed by atoms with Gasteiger partial charge in [-0.15, -0.1) is 0 Å². The zero-order chi connectivity index (χ0) is 28.4. The third-order valence-corrected chi connectivity index (χ3v) is 6.68. The van der Waals surface area contributed by atoms with Gasteiger partial charge in [-0.3, -0.25) is 24.7 Å². The van der Waals surface area contributed by atoms with Crippen molar-refractivity contribution < 1.29 is 33.9 Å². The van der Waals surface area contributed by atoms with E-state index in [0.29, 0.717) is 5.70 Å². The summed E-state index contributed by atoms with van der Waals surface area (Å²) in [6, 6.07) is 16.5. The molecule has 1 aliphatic rings. The van der Waals surface area contributed by atoms with Gasteiger partial charge in [0.2, 0.25) is 0 Å². The summed E-state index contributed by atoms with van der Waals surface area (Å²) in [6.07, 6.45) is 0.426. The Balaban J connectivity index is 1.85. The van der Waals surface area contributed by atoms with Crippen molar-refractivity contribution in [2.24, 2.45) is 5.92 Å². The highest BCUT2D eigenvalue weighted by molar-refractivity contribution is 9.09. The number of hydrogen-bond acceptors (Lipinski definition) is 7.